The van der Waals surface area contributed by atoms with Crippen molar-refractivity contribution in [2.45, 2.75) is 6.10 Å². The molecule has 3 nitrogen and oxygen atoms in total. The van der Waals surface area contributed by atoms with Gasteiger partial charge in [0.05, 0.1) is 18.1 Å². The maximum Gasteiger partial charge on any atom is 0.0971 e. The highest BCUT2D eigenvalue weighted by atomic mass is 32.2. The molecule has 0 bridgehead atoms. The summed E-state index contributed by atoms with van der Waals surface area (Å²) in [4.78, 5) is 3.91. The number of aliphatic hydroxyl groups is 1. The van der Waals surface area contributed by atoms with Crippen LogP contribution in [0.1, 0.15) is 11.7 Å². The van der Waals surface area contributed by atoms with Gasteiger partial charge in [-0.05, 0) is 12.3 Å². The van der Waals surface area contributed by atoms with Gasteiger partial charge in [-0.1, -0.05) is 6.07 Å². The molecule has 74 valence electrons. The predicted octanol–water partition coefficient (Wildman–Crippen LogP) is 1.62. The van der Waals surface area contributed by atoms with Gasteiger partial charge in [-0.2, -0.15) is 17.0 Å². The van der Waals surface area contributed by atoms with Crippen LogP contribution in [0.15, 0.2) is 24.5 Å². The molecule has 4 heteroatoms. The fraction of sp³-hybridized carbons (Fsp3) is 0.400. The highest BCUT2D eigenvalue weighted by Gasteiger charge is 2.19. The average molecular weight is 208 g/mol. The standard InChI is InChI=1S/C10H12N2OS/c1-14-7-9(5-11)10(13)8-3-2-4-12-6-8/h2-4,6,9-10,13H,7H2,1H3. The summed E-state index contributed by atoms with van der Waals surface area (Å²) in [5.74, 6) is 0.265. The van der Waals surface area contributed by atoms with Gasteiger partial charge in [0.25, 0.3) is 0 Å². The predicted molar refractivity (Wildman–Crippen MR) is 56.7 cm³/mol. The molecule has 1 aromatic rings. The van der Waals surface area contributed by atoms with E-state index in [1.54, 1.807) is 36.3 Å². The molecule has 0 amide bonds. The number of hydrogen-bond acceptors (Lipinski definition) is 4. The molecule has 14 heavy (non-hydrogen) atoms. The van der Waals surface area contributed by atoms with E-state index in [0.717, 1.165) is 0 Å². The van der Waals surface area contributed by atoms with Crippen LogP contribution >= 0.6 is 11.8 Å². The molecule has 1 aromatic heterocycles. The van der Waals surface area contributed by atoms with Gasteiger partial charge in [0, 0.05) is 23.7 Å². The Morgan fingerprint density at radius 1 is 1.71 bits per heavy atom. The Labute approximate surface area is 87.8 Å². The molecule has 0 spiro atoms. The van der Waals surface area contributed by atoms with Gasteiger partial charge in [0.1, 0.15) is 0 Å². The van der Waals surface area contributed by atoms with Crippen molar-refractivity contribution in [2.75, 3.05) is 12.0 Å². The van der Waals surface area contributed by atoms with E-state index in [-0.39, 0.29) is 5.92 Å². The highest BCUT2D eigenvalue weighted by molar-refractivity contribution is 7.98. The maximum atomic E-state index is 9.84. The second-order valence-corrected chi connectivity index (χ2v) is 3.83. The van der Waals surface area contributed by atoms with Crippen molar-refractivity contribution < 1.29 is 5.11 Å². The molecule has 0 aliphatic carbocycles. The number of thioether (sulfide) groups is 1. The van der Waals surface area contributed by atoms with Crippen LogP contribution in [-0.4, -0.2) is 22.1 Å². The molecule has 1 rings (SSSR count). The zero-order valence-corrected chi connectivity index (χ0v) is 8.74. The van der Waals surface area contributed by atoms with E-state index in [1.165, 1.54) is 0 Å². The minimum Gasteiger partial charge on any atom is -0.387 e. The number of hydrogen-bond donors (Lipinski definition) is 1. The van der Waals surface area contributed by atoms with E-state index in [4.69, 9.17) is 5.26 Å². The molecule has 1 heterocycles. The van der Waals surface area contributed by atoms with Crippen LogP contribution in [-0.2, 0) is 0 Å². The average Bonchev–Trinajstić information content (AvgIpc) is 2.26. The fourth-order valence-corrected chi connectivity index (χ4v) is 1.78. The Bertz CT molecular complexity index is 310. The van der Waals surface area contributed by atoms with Crippen molar-refractivity contribution >= 4 is 11.8 Å². The lowest BCUT2D eigenvalue weighted by molar-refractivity contribution is 0.144. The van der Waals surface area contributed by atoms with E-state index < -0.39 is 6.10 Å². The molecule has 0 aliphatic rings. The summed E-state index contributed by atoms with van der Waals surface area (Å²) in [6, 6.07) is 5.64. The lowest BCUT2D eigenvalue weighted by Gasteiger charge is -2.15. The summed E-state index contributed by atoms with van der Waals surface area (Å²) in [6.07, 6.45) is 4.42. The molecule has 0 fully saturated rings. The number of nitrogens with zero attached hydrogens (tertiary/aromatic N) is 2. The van der Waals surface area contributed by atoms with Crippen molar-refractivity contribution in [1.29, 1.82) is 5.26 Å². The molecule has 2 atom stereocenters. The largest absolute Gasteiger partial charge is 0.387 e. The smallest absolute Gasteiger partial charge is 0.0971 e. The third kappa shape index (κ3) is 2.72. The summed E-state index contributed by atoms with van der Waals surface area (Å²) < 4.78 is 0. The Hall–Kier alpha value is -1.05. The van der Waals surface area contributed by atoms with Crippen LogP contribution in [0.3, 0.4) is 0 Å². The second-order valence-electron chi connectivity index (χ2n) is 2.92. The van der Waals surface area contributed by atoms with Crippen LogP contribution in [0, 0.1) is 17.2 Å². The van der Waals surface area contributed by atoms with Crippen molar-refractivity contribution in [2.24, 2.45) is 5.92 Å². The van der Waals surface area contributed by atoms with Gasteiger partial charge >= 0.3 is 0 Å². The van der Waals surface area contributed by atoms with Crippen LogP contribution in [0.2, 0.25) is 0 Å². The lowest BCUT2D eigenvalue weighted by atomic mass is 10.0. The Morgan fingerprint density at radius 2 is 2.50 bits per heavy atom. The number of aliphatic hydroxyl groups excluding tert-OH is 1. The first-order chi connectivity index (χ1) is 6.79. The van der Waals surface area contributed by atoms with Crippen molar-refractivity contribution in [1.82, 2.24) is 4.98 Å². The topological polar surface area (TPSA) is 56.9 Å². The van der Waals surface area contributed by atoms with Crippen molar-refractivity contribution in [3.8, 4) is 6.07 Å². The lowest BCUT2D eigenvalue weighted by Crippen LogP contribution is -2.13. The van der Waals surface area contributed by atoms with E-state index in [1.807, 2.05) is 6.26 Å². The first-order valence-corrected chi connectivity index (χ1v) is 5.65. The van der Waals surface area contributed by atoms with E-state index >= 15 is 0 Å². The molecule has 0 aliphatic heterocycles. The Morgan fingerprint density at radius 3 is 3.00 bits per heavy atom. The summed E-state index contributed by atoms with van der Waals surface area (Å²) in [7, 11) is 0. The minimum absolute atomic E-state index is 0.366. The van der Waals surface area contributed by atoms with Gasteiger partial charge in [-0.25, -0.2) is 0 Å². The van der Waals surface area contributed by atoms with Gasteiger partial charge < -0.3 is 5.11 Å². The molecule has 0 radical (unpaired) electrons. The second kappa shape index (κ2) is 5.63. The Balaban J connectivity index is 2.74. The van der Waals surface area contributed by atoms with Crippen molar-refractivity contribution in [3.05, 3.63) is 30.1 Å². The summed E-state index contributed by atoms with van der Waals surface area (Å²) in [5, 5.41) is 18.7. The summed E-state index contributed by atoms with van der Waals surface area (Å²) in [6.45, 7) is 0. The quantitative estimate of drug-likeness (QED) is 0.816. The Kier molecular flexibility index (Phi) is 4.44. The molecule has 1 N–H and O–H groups in total. The van der Waals surface area contributed by atoms with Gasteiger partial charge in [0.2, 0.25) is 0 Å². The number of pyridine rings is 1. The molecule has 2 unspecified atom stereocenters. The first-order valence-electron chi connectivity index (χ1n) is 4.26. The zero-order chi connectivity index (χ0) is 10.4. The third-order valence-electron chi connectivity index (χ3n) is 1.92. The monoisotopic (exact) mass is 208 g/mol. The molecule has 0 saturated carbocycles. The number of aromatic nitrogens is 1. The number of rotatable bonds is 4. The van der Waals surface area contributed by atoms with Crippen LogP contribution in [0.5, 0.6) is 0 Å². The maximum absolute atomic E-state index is 9.84. The highest BCUT2D eigenvalue weighted by Crippen LogP contribution is 2.23. The van der Waals surface area contributed by atoms with Crippen LogP contribution < -0.4 is 0 Å². The van der Waals surface area contributed by atoms with Crippen LogP contribution in [0.4, 0.5) is 0 Å². The van der Waals surface area contributed by atoms with Gasteiger partial charge in [-0.15, -0.1) is 0 Å². The van der Waals surface area contributed by atoms with E-state index in [0.29, 0.717) is 11.3 Å². The molecule has 0 aromatic carbocycles. The molecular formula is C10H12N2OS. The fourth-order valence-electron chi connectivity index (χ4n) is 1.16. The normalized spacial score (nSPS) is 14.4. The zero-order valence-electron chi connectivity index (χ0n) is 7.92. The van der Waals surface area contributed by atoms with E-state index in [2.05, 4.69) is 11.1 Å². The molecule has 0 saturated heterocycles. The minimum atomic E-state index is -0.735. The molecular weight excluding hydrogens is 196 g/mol. The van der Waals surface area contributed by atoms with Gasteiger partial charge in [0.15, 0.2) is 0 Å². The van der Waals surface area contributed by atoms with Gasteiger partial charge in [-0.3, -0.25) is 4.98 Å². The number of nitriles is 1. The third-order valence-corrected chi connectivity index (χ3v) is 2.61. The SMILES string of the molecule is CSCC(C#N)C(O)c1cccnc1. The summed E-state index contributed by atoms with van der Waals surface area (Å²) >= 11 is 1.55. The van der Waals surface area contributed by atoms with E-state index in [9.17, 15) is 5.11 Å². The van der Waals surface area contributed by atoms with Crippen LogP contribution in [0.25, 0.3) is 0 Å². The summed E-state index contributed by atoms with van der Waals surface area (Å²) in [5.41, 5.74) is 0.702. The van der Waals surface area contributed by atoms with Crippen molar-refractivity contribution in [3.63, 3.8) is 0 Å². The first kappa shape index (κ1) is 11.0.